The van der Waals surface area contributed by atoms with Crippen molar-refractivity contribution < 1.29 is 17.9 Å². The molecule has 32 heavy (non-hydrogen) atoms. The minimum absolute atomic E-state index is 0.0219. The molecule has 0 radical (unpaired) electrons. The Hall–Kier alpha value is -2.35. The summed E-state index contributed by atoms with van der Waals surface area (Å²) in [4.78, 5) is 13.4. The highest BCUT2D eigenvalue weighted by molar-refractivity contribution is 9.10. The van der Waals surface area contributed by atoms with Crippen LogP contribution in [0.15, 0.2) is 64.0 Å². The van der Waals surface area contributed by atoms with Crippen LogP contribution in [0.25, 0.3) is 0 Å². The lowest BCUT2D eigenvalue weighted by Gasteiger charge is -2.25. The van der Waals surface area contributed by atoms with E-state index in [1.165, 1.54) is 12.1 Å². The molecule has 0 spiro atoms. The topological polar surface area (TPSA) is 63.7 Å². The fourth-order valence-electron chi connectivity index (χ4n) is 3.25. The normalized spacial score (nSPS) is 11.3. The van der Waals surface area contributed by atoms with Crippen molar-refractivity contribution in [2.45, 2.75) is 32.6 Å². The summed E-state index contributed by atoms with van der Waals surface area (Å²) in [5, 5.41) is 0.596. The molecule has 0 aliphatic carbocycles. The molecule has 8 heteroatoms. The van der Waals surface area contributed by atoms with Gasteiger partial charge in [-0.3, -0.25) is 4.79 Å². The lowest BCUT2D eigenvalue weighted by atomic mass is 10.1. The number of hydrogen-bond donors (Lipinski definition) is 0. The van der Waals surface area contributed by atoms with Crippen LogP contribution in [0.3, 0.4) is 0 Å². The van der Waals surface area contributed by atoms with Crippen LogP contribution in [0.2, 0.25) is 5.02 Å². The molecule has 0 aliphatic heterocycles. The zero-order valence-electron chi connectivity index (χ0n) is 18.1. The van der Waals surface area contributed by atoms with Gasteiger partial charge in [0.05, 0.1) is 15.1 Å². The highest BCUT2D eigenvalue weighted by atomic mass is 79.9. The molecule has 0 aliphatic rings. The summed E-state index contributed by atoms with van der Waals surface area (Å²) in [6.07, 6.45) is 0. The molecule has 0 atom stereocenters. The standard InChI is InChI=1S/C24H23BrClNO4S/c1-15-9-8-12-20(17(15)3)27(32(29,30)19-10-6-5-7-11-19)22(28)14-31-21-13-16(2)24(26)18(4)23(21)25/h5-13H,14H2,1-4H3. The first-order valence-corrected chi connectivity index (χ1v) is 12.4. The maximum absolute atomic E-state index is 13.5. The van der Waals surface area contributed by atoms with Gasteiger partial charge in [-0.1, -0.05) is 41.9 Å². The Labute approximate surface area is 202 Å². The number of sulfonamides is 1. The van der Waals surface area contributed by atoms with E-state index in [0.29, 0.717) is 26.5 Å². The van der Waals surface area contributed by atoms with Crippen LogP contribution in [0, 0.1) is 27.7 Å². The first kappa shape index (κ1) is 24.3. The summed E-state index contributed by atoms with van der Waals surface area (Å²) in [7, 11) is -4.16. The first-order chi connectivity index (χ1) is 15.1. The highest BCUT2D eigenvalue weighted by Gasteiger charge is 2.32. The number of carbonyl (C=O) groups excluding carboxylic acids is 1. The maximum atomic E-state index is 13.5. The number of benzene rings is 3. The third kappa shape index (κ3) is 4.70. The molecule has 0 saturated carbocycles. The molecular weight excluding hydrogens is 514 g/mol. The first-order valence-electron chi connectivity index (χ1n) is 9.83. The molecule has 5 nitrogen and oxygen atoms in total. The average Bonchev–Trinajstić information content (AvgIpc) is 2.77. The van der Waals surface area contributed by atoms with Gasteiger partial charge in [0.25, 0.3) is 15.9 Å². The molecule has 0 N–H and O–H groups in total. The third-order valence-corrected chi connectivity index (χ3v) is 8.54. The second kappa shape index (κ2) is 9.65. The predicted octanol–water partition coefficient (Wildman–Crippen LogP) is 6.14. The monoisotopic (exact) mass is 535 g/mol. The summed E-state index contributed by atoms with van der Waals surface area (Å²) in [5.74, 6) is -0.296. The number of hydrogen-bond acceptors (Lipinski definition) is 4. The highest BCUT2D eigenvalue weighted by Crippen LogP contribution is 2.36. The molecule has 0 fully saturated rings. The Bertz CT molecular complexity index is 1280. The molecule has 0 bridgehead atoms. The van der Waals surface area contributed by atoms with E-state index in [-0.39, 0.29) is 4.90 Å². The Balaban J connectivity index is 2.03. The van der Waals surface area contributed by atoms with Gasteiger partial charge in [0.1, 0.15) is 5.75 Å². The van der Waals surface area contributed by atoms with Gasteiger partial charge in [-0.25, -0.2) is 8.42 Å². The van der Waals surface area contributed by atoms with E-state index in [2.05, 4.69) is 15.9 Å². The van der Waals surface area contributed by atoms with Crippen LogP contribution < -0.4 is 9.04 Å². The predicted molar refractivity (Wildman–Crippen MR) is 131 cm³/mol. The lowest BCUT2D eigenvalue weighted by Crippen LogP contribution is -2.40. The second-order valence-corrected chi connectivity index (χ2v) is 10.4. The Morgan fingerprint density at radius 2 is 1.62 bits per heavy atom. The van der Waals surface area contributed by atoms with Crippen molar-refractivity contribution in [1.82, 2.24) is 0 Å². The Morgan fingerprint density at radius 3 is 2.28 bits per heavy atom. The van der Waals surface area contributed by atoms with Gasteiger partial charge in [-0.05, 0) is 90.1 Å². The zero-order valence-corrected chi connectivity index (χ0v) is 21.3. The van der Waals surface area contributed by atoms with E-state index < -0.39 is 22.5 Å². The molecule has 0 aromatic heterocycles. The number of ether oxygens (including phenoxy) is 1. The molecule has 3 aromatic carbocycles. The molecule has 3 rings (SSSR count). The Morgan fingerprint density at radius 1 is 0.969 bits per heavy atom. The van der Waals surface area contributed by atoms with Crippen LogP contribution >= 0.6 is 27.5 Å². The zero-order chi connectivity index (χ0) is 23.6. The van der Waals surface area contributed by atoms with Crippen LogP contribution in [-0.4, -0.2) is 20.9 Å². The van der Waals surface area contributed by atoms with E-state index >= 15 is 0 Å². The van der Waals surface area contributed by atoms with Crippen molar-refractivity contribution in [3.8, 4) is 5.75 Å². The van der Waals surface area contributed by atoms with Gasteiger partial charge < -0.3 is 4.74 Å². The fourth-order valence-corrected chi connectivity index (χ4v) is 5.43. The number of halogens is 2. The molecule has 3 aromatic rings. The van der Waals surface area contributed by atoms with Crippen molar-refractivity contribution in [2.75, 3.05) is 10.9 Å². The van der Waals surface area contributed by atoms with Gasteiger partial charge in [0, 0.05) is 5.02 Å². The quantitative estimate of drug-likeness (QED) is 0.380. The van der Waals surface area contributed by atoms with Gasteiger partial charge in [0.2, 0.25) is 0 Å². The summed E-state index contributed by atoms with van der Waals surface area (Å²) in [6.45, 7) is 6.84. The molecular formula is C24H23BrClNO4S. The average molecular weight is 537 g/mol. The maximum Gasteiger partial charge on any atom is 0.278 e. The minimum atomic E-state index is -4.16. The van der Waals surface area contributed by atoms with Gasteiger partial charge in [-0.2, -0.15) is 4.31 Å². The van der Waals surface area contributed by atoms with Gasteiger partial charge in [0.15, 0.2) is 6.61 Å². The van der Waals surface area contributed by atoms with Gasteiger partial charge >= 0.3 is 0 Å². The third-order valence-electron chi connectivity index (χ3n) is 5.22. The smallest absolute Gasteiger partial charge is 0.278 e. The van der Waals surface area contributed by atoms with Crippen LogP contribution in [-0.2, 0) is 14.8 Å². The summed E-state index contributed by atoms with van der Waals surface area (Å²) >= 11 is 9.71. The molecule has 168 valence electrons. The van der Waals surface area contributed by atoms with E-state index in [4.69, 9.17) is 16.3 Å². The van der Waals surface area contributed by atoms with Crippen LogP contribution in [0.4, 0.5) is 5.69 Å². The second-order valence-electron chi connectivity index (χ2n) is 7.43. The van der Waals surface area contributed by atoms with Crippen LogP contribution in [0.1, 0.15) is 22.3 Å². The molecule has 0 saturated heterocycles. The largest absolute Gasteiger partial charge is 0.483 e. The SMILES string of the molecule is Cc1cccc(N(C(=O)COc2cc(C)c(Cl)c(C)c2Br)S(=O)(=O)c2ccccc2)c1C. The minimum Gasteiger partial charge on any atom is -0.483 e. The summed E-state index contributed by atoms with van der Waals surface area (Å²) in [5.41, 5.74) is 3.43. The van der Waals surface area contributed by atoms with Crippen molar-refractivity contribution in [3.05, 3.63) is 86.3 Å². The van der Waals surface area contributed by atoms with Crippen molar-refractivity contribution in [1.29, 1.82) is 0 Å². The summed E-state index contributed by atoms with van der Waals surface area (Å²) in [6, 6.07) is 14.8. The number of carbonyl (C=O) groups is 1. The van der Waals surface area contributed by atoms with E-state index in [1.807, 2.05) is 26.8 Å². The number of rotatable bonds is 6. The summed E-state index contributed by atoms with van der Waals surface area (Å²) < 4.78 is 34.2. The Kier molecular flexibility index (Phi) is 7.32. The van der Waals surface area contributed by atoms with Crippen molar-refractivity contribution in [2.24, 2.45) is 0 Å². The van der Waals surface area contributed by atoms with E-state index in [1.54, 1.807) is 43.3 Å². The van der Waals surface area contributed by atoms with Crippen molar-refractivity contribution in [3.63, 3.8) is 0 Å². The fraction of sp³-hybridized carbons (Fsp3) is 0.208. The number of amides is 1. The van der Waals surface area contributed by atoms with E-state index in [9.17, 15) is 13.2 Å². The van der Waals surface area contributed by atoms with E-state index in [0.717, 1.165) is 21.0 Å². The molecule has 1 amide bonds. The number of nitrogens with zero attached hydrogens (tertiary/aromatic N) is 1. The van der Waals surface area contributed by atoms with Gasteiger partial charge in [-0.15, -0.1) is 0 Å². The number of anilines is 1. The number of aryl methyl sites for hydroxylation is 2. The molecule has 0 heterocycles. The van der Waals surface area contributed by atoms with Crippen molar-refractivity contribution >= 4 is 49.1 Å². The molecule has 0 unspecified atom stereocenters. The lowest BCUT2D eigenvalue weighted by molar-refractivity contribution is -0.119. The van der Waals surface area contributed by atoms with Crippen LogP contribution in [0.5, 0.6) is 5.75 Å².